The Kier molecular flexibility index (Phi) is 3.56. The van der Waals surface area contributed by atoms with Gasteiger partial charge >= 0.3 is 86.9 Å². The summed E-state index contributed by atoms with van der Waals surface area (Å²) in [5.41, 5.74) is 0.690. The van der Waals surface area contributed by atoms with Gasteiger partial charge < -0.3 is 0 Å². The van der Waals surface area contributed by atoms with E-state index in [0.717, 1.165) is 4.35 Å². The maximum atomic E-state index is 11.5. The fourth-order valence-electron chi connectivity index (χ4n) is 0.967. The molecule has 1 radical (unpaired) electrons. The molecule has 0 aliphatic carbocycles. The first-order chi connectivity index (χ1) is 6.09. The van der Waals surface area contributed by atoms with E-state index in [9.17, 15) is 4.79 Å². The van der Waals surface area contributed by atoms with Gasteiger partial charge in [-0.25, -0.2) is 0 Å². The molecule has 0 aliphatic heterocycles. The van der Waals surface area contributed by atoms with Crippen LogP contribution in [0.4, 0.5) is 0 Å². The molecule has 1 aromatic rings. The average molecular weight is 238 g/mol. The Hall–Kier alpha value is -0.752. The van der Waals surface area contributed by atoms with Gasteiger partial charge in [0.15, 0.2) is 0 Å². The molecule has 0 fully saturated rings. The molecule has 1 unspecified atom stereocenters. The summed E-state index contributed by atoms with van der Waals surface area (Å²) in [4.78, 5) is 11.5. The first-order valence-corrected chi connectivity index (χ1v) is 5.38. The Labute approximate surface area is 87.2 Å². The first kappa shape index (κ1) is 10.3. The van der Waals surface area contributed by atoms with Crippen LogP contribution in [0.15, 0.2) is 18.2 Å². The van der Waals surface area contributed by atoms with Gasteiger partial charge in [-0.2, -0.15) is 0 Å². The molecule has 2 nitrogen and oxygen atoms in total. The molecule has 0 heterocycles. The molecule has 1 aromatic carbocycles. The number of hydrogen-bond acceptors (Lipinski definition) is 1. The summed E-state index contributed by atoms with van der Waals surface area (Å²) in [6.07, 6.45) is 0. The Balaban J connectivity index is 2.77. The van der Waals surface area contributed by atoms with Crippen LogP contribution >= 0.6 is 0 Å². The number of nitrogens with one attached hydrogen (secondary N) is 1. The molecule has 0 saturated heterocycles. The molecular formula is C10H13AsNO. The molecular weight excluding hydrogens is 225 g/mol. The summed E-state index contributed by atoms with van der Waals surface area (Å²) >= 11 is 1.50. The Bertz CT molecular complexity index is 310. The van der Waals surface area contributed by atoms with Crippen molar-refractivity contribution in [3.63, 3.8) is 0 Å². The van der Waals surface area contributed by atoms with Crippen molar-refractivity contribution in [2.75, 3.05) is 0 Å². The Morgan fingerprint density at radius 3 is 2.77 bits per heavy atom. The van der Waals surface area contributed by atoms with E-state index in [1.165, 1.54) is 16.9 Å². The predicted octanol–water partition coefficient (Wildman–Crippen LogP) is -0.117. The Morgan fingerprint density at radius 1 is 1.54 bits per heavy atom. The minimum absolute atomic E-state index is 0.0225. The zero-order chi connectivity index (χ0) is 9.84. The van der Waals surface area contributed by atoms with Crippen LogP contribution in [-0.2, 0) is 0 Å². The second-order valence-corrected chi connectivity index (χ2v) is 4.58. The van der Waals surface area contributed by atoms with E-state index < -0.39 is 0 Å². The van der Waals surface area contributed by atoms with Gasteiger partial charge in [-0.05, 0) is 0 Å². The maximum absolute atomic E-state index is 11.5. The van der Waals surface area contributed by atoms with Gasteiger partial charge in [-0.3, -0.25) is 0 Å². The summed E-state index contributed by atoms with van der Waals surface area (Å²) < 4.78 is 1.11. The molecule has 0 bridgehead atoms. The van der Waals surface area contributed by atoms with Gasteiger partial charge in [0.1, 0.15) is 0 Å². The fourth-order valence-corrected chi connectivity index (χ4v) is 1.55. The van der Waals surface area contributed by atoms with Crippen LogP contribution in [0.1, 0.15) is 24.2 Å². The molecule has 1 N–H and O–H groups in total. The molecule has 0 aromatic heterocycles. The van der Waals surface area contributed by atoms with Gasteiger partial charge in [0, 0.05) is 0 Å². The van der Waals surface area contributed by atoms with E-state index in [-0.39, 0.29) is 11.9 Å². The van der Waals surface area contributed by atoms with Crippen molar-refractivity contribution < 1.29 is 4.79 Å². The fraction of sp³-hybridized carbons (Fsp3) is 0.300. The van der Waals surface area contributed by atoms with Crippen LogP contribution in [0, 0.1) is 6.07 Å². The van der Waals surface area contributed by atoms with Crippen molar-refractivity contribution >= 4 is 27.1 Å². The molecule has 0 aliphatic rings. The zero-order valence-corrected chi connectivity index (χ0v) is 10.2. The molecule has 1 amide bonds. The number of amides is 1. The number of benzene rings is 1. The number of carbonyl (C=O) groups is 1. The van der Waals surface area contributed by atoms with Gasteiger partial charge in [0.05, 0.1) is 0 Å². The second kappa shape index (κ2) is 4.47. The van der Waals surface area contributed by atoms with E-state index in [0.29, 0.717) is 5.56 Å². The molecule has 3 heteroatoms. The third kappa shape index (κ3) is 3.23. The number of carbonyl (C=O) groups excluding carboxylic acids is 1. The van der Waals surface area contributed by atoms with Crippen molar-refractivity contribution in [1.82, 2.24) is 5.32 Å². The molecule has 13 heavy (non-hydrogen) atoms. The number of rotatable bonds is 2. The van der Waals surface area contributed by atoms with Crippen molar-refractivity contribution in [1.29, 1.82) is 0 Å². The Morgan fingerprint density at radius 2 is 2.23 bits per heavy atom. The molecule has 1 rings (SSSR count). The third-order valence-electron chi connectivity index (χ3n) is 1.49. The van der Waals surface area contributed by atoms with Crippen LogP contribution in [0.25, 0.3) is 0 Å². The van der Waals surface area contributed by atoms with Crippen molar-refractivity contribution in [3.8, 4) is 0 Å². The van der Waals surface area contributed by atoms with Gasteiger partial charge in [0.25, 0.3) is 0 Å². The number of hydrogen-bond donors (Lipinski definition) is 1. The van der Waals surface area contributed by atoms with E-state index in [1.807, 2.05) is 26.0 Å². The summed E-state index contributed by atoms with van der Waals surface area (Å²) in [6.45, 7) is 3.89. The molecule has 69 valence electrons. The van der Waals surface area contributed by atoms with Crippen LogP contribution in [-0.4, -0.2) is 28.8 Å². The average Bonchev–Trinajstić information content (AvgIpc) is 2.03. The topological polar surface area (TPSA) is 29.1 Å². The van der Waals surface area contributed by atoms with Gasteiger partial charge in [-0.15, -0.1) is 0 Å². The van der Waals surface area contributed by atoms with E-state index >= 15 is 0 Å². The van der Waals surface area contributed by atoms with Crippen LogP contribution in [0.3, 0.4) is 0 Å². The summed E-state index contributed by atoms with van der Waals surface area (Å²) in [6, 6.07) is 8.59. The first-order valence-electron chi connectivity index (χ1n) is 4.17. The molecule has 0 spiro atoms. The monoisotopic (exact) mass is 238 g/mol. The second-order valence-electron chi connectivity index (χ2n) is 3.18. The normalized spacial score (nSPS) is 10.2. The van der Waals surface area contributed by atoms with E-state index in [2.05, 4.69) is 11.4 Å². The predicted molar refractivity (Wildman–Crippen MR) is 56.1 cm³/mol. The zero-order valence-electron chi connectivity index (χ0n) is 7.79. The standard InChI is InChI=1S/C10H13AsNO/c1-7(2)12-10(13)8-4-3-5-9(11)6-8/h4-7H,11H2,1-2H3,(H,12,13). The third-order valence-corrected chi connectivity index (χ3v) is 2.19. The van der Waals surface area contributed by atoms with Gasteiger partial charge in [0.2, 0.25) is 0 Å². The minimum atomic E-state index is -0.0225. The quantitative estimate of drug-likeness (QED) is 0.715. The van der Waals surface area contributed by atoms with Crippen molar-refractivity contribution in [3.05, 3.63) is 29.8 Å². The summed E-state index contributed by atoms with van der Waals surface area (Å²) in [7, 11) is 0. The molecule has 1 atom stereocenters. The van der Waals surface area contributed by atoms with Gasteiger partial charge in [-0.1, -0.05) is 0 Å². The van der Waals surface area contributed by atoms with Crippen LogP contribution < -0.4 is 9.67 Å². The summed E-state index contributed by atoms with van der Waals surface area (Å²) in [5, 5.41) is 2.83. The van der Waals surface area contributed by atoms with E-state index in [4.69, 9.17) is 0 Å². The van der Waals surface area contributed by atoms with E-state index in [1.54, 1.807) is 6.07 Å². The van der Waals surface area contributed by atoms with Crippen molar-refractivity contribution in [2.45, 2.75) is 19.9 Å². The van der Waals surface area contributed by atoms with Crippen molar-refractivity contribution in [2.24, 2.45) is 0 Å². The van der Waals surface area contributed by atoms with Crippen LogP contribution in [0.5, 0.6) is 0 Å². The summed E-state index contributed by atoms with van der Waals surface area (Å²) in [5.74, 6) is -0.0225. The SMILES string of the molecule is CC(C)NC(=O)c1c[c]cc([AsH2])c1. The molecule has 0 saturated carbocycles. The van der Waals surface area contributed by atoms with Crippen LogP contribution in [0.2, 0.25) is 0 Å².